The van der Waals surface area contributed by atoms with Crippen LogP contribution >= 0.6 is 0 Å². The SMILES string of the molecule is CC(O)C#CC1=CC(C)(C)OCC1. The van der Waals surface area contributed by atoms with Crippen LogP contribution in [0.5, 0.6) is 0 Å². The van der Waals surface area contributed by atoms with Gasteiger partial charge in [-0.2, -0.15) is 0 Å². The third-order valence-electron chi connectivity index (χ3n) is 1.81. The largest absolute Gasteiger partial charge is 0.381 e. The highest BCUT2D eigenvalue weighted by atomic mass is 16.5. The molecule has 72 valence electrons. The van der Waals surface area contributed by atoms with Crippen LogP contribution in [0.2, 0.25) is 0 Å². The van der Waals surface area contributed by atoms with E-state index in [4.69, 9.17) is 9.84 Å². The van der Waals surface area contributed by atoms with E-state index in [9.17, 15) is 0 Å². The standard InChI is InChI=1S/C11H16O2/c1-9(12)4-5-10-6-7-13-11(2,3)8-10/h8-9,12H,6-7H2,1-3H3. The van der Waals surface area contributed by atoms with Gasteiger partial charge in [-0.25, -0.2) is 0 Å². The summed E-state index contributed by atoms with van der Waals surface area (Å²) in [6.07, 6.45) is 2.32. The normalized spacial score (nSPS) is 22.6. The van der Waals surface area contributed by atoms with Crippen molar-refractivity contribution in [3.63, 3.8) is 0 Å². The molecule has 0 aliphatic carbocycles. The Balaban J connectivity index is 2.72. The van der Waals surface area contributed by atoms with Crippen molar-refractivity contribution in [1.29, 1.82) is 0 Å². The third kappa shape index (κ3) is 3.63. The van der Waals surface area contributed by atoms with Crippen LogP contribution in [0.15, 0.2) is 11.6 Å². The number of aliphatic hydroxyl groups is 1. The molecule has 1 heterocycles. The second-order valence-electron chi connectivity index (χ2n) is 3.82. The molecule has 13 heavy (non-hydrogen) atoms. The molecule has 0 spiro atoms. The Bertz CT molecular complexity index is 264. The lowest BCUT2D eigenvalue weighted by Gasteiger charge is -2.26. The maximum absolute atomic E-state index is 8.98. The van der Waals surface area contributed by atoms with E-state index in [1.807, 2.05) is 19.9 Å². The number of hydrogen-bond donors (Lipinski definition) is 1. The van der Waals surface area contributed by atoms with E-state index in [0.29, 0.717) is 6.61 Å². The molecule has 1 unspecified atom stereocenters. The van der Waals surface area contributed by atoms with E-state index < -0.39 is 6.10 Å². The lowest BCUT2D eigenvalue weighted by Crippen LogP contribution is -2.26. The molecule has 0 amide bonds. The molecule has 0 fully saturated rings. The van der Waals surface area contributed by atoms with Crippen LogP contribution in [0.25, 0.3) is 0 Å². The first-order chi connectivity index (χ1) is 5.99. The van der Waals surface area contributed by atoms with Crippen LogP contribution in [-0.2, 0) is 4.74 Å². The zero-order chi connectivity index (χ0) is 9.90. The maximum Gasteiger partial charge on any atom is 0.112 e. The highest BCUT2D eigenvalue weighted by Crippen LogP contribution is 2.21. The molecule has 0 bridgehead atoms. The number of ether oxygens (including phenoxy) is 1. The number of aliphatic hydroxyl groups excluding tert-OH is 1. The minimum Gasteiger partial charge on any atom is -0.381 e. The van der Waals surface area contributed by atoms with Gasteiger partial charge in [0.05, 0.1) is 12.2 Å². The Morgan fingerprint density at radius 3 is 2.85 bits per heavy atom. The van der Waals surface area contributed by atoms with Gasteiger partial charge in [-0.15, -0.1) is 0 Å². The van der Waals surface area contributed by atoms with Gasteiger partial charge in [-0.1, -0.05) is 11.8 Å². The zero-order valence-electron chi connectivity index (χ0n) is 8.42. The summed E-state index contributed by atoms with van der Waals surface area (Å²) >= 11 is 0. The van der Waals surface area contributed by atoms with Crippen molar-refractivity contribution in [2.45, 2.75) is 38.9 Å². The van der Waals surface area contributed by atoms with Crippen LogP contribution < -0.4 is 0 Å². The van der Waals surface area contributed by atoms with Crippen LogP contribution in [0.1, 0.15) is 27.2 Å². The summed E-state index contributed by atoms with van der Waals surface area (Å²) in [6, 6.07) is 0. The molecule has 2 heteroatoms. The summed E-state index contributed by atoms with van der Waals surface area (Å²) in [7, 11) is 0. The first-order valence-corrected chi connectivity index (χ1v) is 4.55. The van der Waals surface area contributed by atoms with Crippen LogP contribution in [-0.4, -0.2) is 23.4 Å². The van der Waals surface area contributed by atoms with Gasteiger partial charge in [-0.3, -0.25) is 0 Å². The summed E-state index contributed by atoms with van der Waals surface area (Å²) in [6.45, 7) is 6.40. The van der Waals surface area contributed by atoms with Crippen molar-refractivity contribution < 1.29 is 9.84 Å². The Hall–Kier alpha value is -0.780. The quantitative estimate of drug-likeness (QED) is 0.572. The zero-order valence-corrected chi connectivity index (χ0v) is 8.42. The molecule has 1 aliphatic rings. The lowest BCUT2D eigenvalue weighted by atomic mass is 10.0. The molecule has 1 N–H and O–H groups in total. The van der Waals surface area contributed by atoms with Crippen LogP contribution in [0, 0.1) is 11.8 Å². The van der Waals surface area contributed by atoms with Gasteiger partial charge in [0.1, 0.15) is 6.10 Å². The molecule has 0 saturated carbocycles. The average molecular weight is 180 g/mol. The smallest absolute Gasteiger partial charge is 0.112 e. The predicted octanol–water partition coefficient (Wildman–Crippen LogP) is 1.50. The van der Waals surface area contributed by atoms with Crippen LogP contribution in [0.4, 0.5) is 0 Å². The van der Waals surface area contributed by atoms with Gasteiger partial charge in [0, 0.05) is 12.0 Å². The predicted molar refractivity (Wildman–Crippen MR) is 52.2 cm³/mol. The van der Waals surface area contributed by atoms with Crippen molar-refractivity contribution in [2.24, 2.45) is 0 Å². The van der Waals surface area contributed by atoms with Gasteiger partial charge in [0.25, 0.3) is 0 Å². The highest BCUT2D eigenvalue weighted by molar-refractivity contribution is 5.32. The molecular weight excluding hydrogens is 164 g/mol. The molecular formula is C11H16O2. The van der Waals surface area contributed by atoms with Gasteiger partial charge >= 0.3 is 0 Å². The van der Waals surface area contributed by atoms with E-state index in [-0.39, 0.29) is 5.60 Å². The van der Waals surface area contributed by atoms with Crippen molar-refractivity contribution in [3.8, 4) is 11.8 Å². The van der Waals surface area contributed by atoms with Crippen molar-refractivity contribution in [3.05, 3.63) is 11.6 Å². The Kier molecular flexibility index (Phi) is 3.13. The van der Waals surface area contributed by atoms with E-state index in [0.717, 1.165) is 12.0 Å². The fourth-order valence-corrected chi connectivity index (χ4v) is 1.25. The first-order valence-electron chi connectivity index (χ1n) is 4.55. The molecule has 1 rings (SSSR count). The summed E-state index contributed by atoms with van der Waals surface area (Å²) in [4.78, 5) is 0. The summed E-state index contributed by atoms with van der Waals surface area (Å²) in [5.41, 5.74) is 0.859. The summed E-state index contributed by atoms with van der Waals surface area (Å²) in [5.74, 6) is 5.69. The van der Waals surface area contributed by atoms with Crippen molar-refractivity contribution in [1.82, 2.24) is 0 Å². The fourth-order valence-electron chi connectivity index (χ4n) is 1.25. The Morgan fingerprint density at radius 2 is 2.31 bits per heavy atom. The number of rotatable bonds is 0. The molecule has 1 aliphatic heterocycles. The molecule has 0 saturated heterocycles. The van der Waals surface area contributed by atoms with Gasteiger partial charge in [-0.05, 0) is 26.8 Å². The Labute approximate surface area is 79.6 Å². The minimum atomic E-state index is -0.549. The van der Waals surface area contributed by atoms with E-state index >= 15 is 0 Å². The molecule has 1 atom stereocenters. The first kappa shape index (κ1) is 10.3. The van der Waals surface area contributed by atoms with Gasteiger partial charge in [0.15, 0.2) is 0 Å². The average Bonchev–Trinajstić information content (AvgIpc) is 1.99. The minimum absolute atomic E-state index is 0.207. The van der Waals surface area contributed by atoms with E-state index in [2.05, 4.69) is 11.8 Å². The molecule has 2 nitrogen and oxygen atoms in total. The molecule has 0 radical (unpaired) electrons. The summed E-state index contributed by atoms with van der Waals surface area (Å²) < 4.78 is 5.50. The topological polar surface area (TPSA) is 29.5 Å². The highest BCUT2D eigenvalue weighted by Gasteiger charge is 2.19. The Morgan fingerprint density at radius 1 is 1.62 bits per heavy atom. The second-order valence-corrected chi connectivity index (χ2v) is 3.82. The second kappa shape index (κ2) is 3.95. The molecule has 0 aromatic carbocycles. The molecule has 0 aromatic heterocycles. The van der Waals surface area contributed by atoms with Gasteiger partial charge in [0.2, 0.25) is 0 Å². The van der Waals surface area contributed by atoms with Gasteiger partial charge < -0.3 is 9.84 Å². The monoisotopic (exact) mass is 180 g/mol. The maximum atomic E-state index is 8.98. The van der Waals surface area contributed by atoms with Crippen molar-refractivity contribution >= 4 is 0 Å². The molecule has 0 aromatic rings. The summed E-state index contributed by atoms with van der Waals surface area (Å²) in [5, 5.41) is 8.98. The van der Waals surface area contributed by atoms with E-state index in [1.54, 1.807) is 6.92 Å². The van der Waals surface area contributed by atoms with Crippen LogP contribution in [0.3, 0.4) is 0 Å². The number of hydrogen-bond acceptors (Lipinski definition) is 2. The van der Waals surface area contributed by atoms with E-state index in [1.165, 1.54) is 0 Å². The van der Waals surface area contributed by atoms with Crippen molar-refractivity contribution in [2.75, 3.05) is 6.61 Å². The third-order valence-corrected chi connectivity index (χ3v) is 1.81. The fraction of sp³-hybridized carbons (Fsp3) is 0.636. The lowest BCUT2D eigenvalue weighted by molar-refractivity contribution is 0.0124.